The zero-order valence-corrected chi connectivity index (χ0v) is 9.39. The minimum Gasteiger partial charge on any atom is -0.345 e. The number of hydrogen-bond acceptors (Lipinski definition) is 4. The number of rotatable bonds is 2. The van der Waals surface area contributed by atoms with E-state index in [0.717, 1.165) is 10.4 Å². The van der Waals surface area contributed by atoms with Gasteiger partial charge in [-0.25, -0.2) is 0 Å². The summed E-state index contributed by atoms with van der Waals surface area (Å²) in [5.74, 6) is 6.10. The molecule has 0 atom stereocenters. The molecular weight excluding hydrogens is 210 g/mol. The highest BCUT2D eigenvalue weighted by Crippen LogP contribution is 2.28. The van der Waals surface area contributed by atoms with Gasteiger partial charge < -0.3 is 14.8 Å². The fourth-order valence-corrected chi connectivity index (χ4v) is 2.13. The Morgan fingerprint density at radius 3 is 3.07 bits per heavy atom. The monoisotopic (exact) mass is 223 g/mol. The third-order valence-corrected chi connectivity index (χ3v) is 2.93. The number of ether oxygens (including phenoxy) is 2. The number of hydrogen-bond donors (Lipinski definition) is 1. The summed E-state index contributed by atoms with van der Waals surface area (Å²) < 4.78 is 10.8. The highest BCUT2D eigenvalue weighted by molar-refractivity contribution is 7.10. The highest BCUT2D eigenvalue weighted by Gasteiger charge is 2.19. The van der Waals surface area contributed by atoms with Crippen molar-refractivity contribution >= 4 is 11.3 Å². The summed E-state index contributed by atoms with van der Waals surface area (Å²) in [6, 6.07) is 2.03. The average molecular weight is 223 g/mol. The van der Waals surface area contributed by atoms with Gasteiger partial charge >= 0.3 is 0 Å². The molecule has 3 nitrogen and oxygen atoms in total. The Labute approximate surface area is 93.4 Å². The van der Waals surface area contributed by atoms with Crippen molar-refractivity contribution in [3.63, 3.8) is 0 Å². The van der Waals surface area contributed by atoms with E-state index in [9.17, 15) is 0 Å². The minimum atomic E-state index is -0.171. The molecule has 1 aromatic rings. The van der Waals surface area contributed by atoms with Gasteiger partial charge in [0.2, 0.25) is 0 Å². The second kappa shape index (κ2) is 5.29. The lowest BCUT2D eigenvalue weighted by Crippen LogP contribution is -2.04. The summed E-state index contributed by atoms with van der Waals surface area (Å²) in [5, 5.41) is 5.01. The Hall–Kier alpha value is -0.860. The molecule has 80 valence electrons. The molecule has 0 radical (unpaired) electrons. The van der Waals surface area contributed by atoms with Gasteiger partial charge in [0.05, 0.1) is 24.6 Å². The summed E-state index contributed by atoms with van der Waals surface area (Å²) in [7, 11) is 1.88. The molecule has 0 aliphatic carbocycles. The standard InChI is InChI=1S/C11H13NO2S/c1-12-4-2-3-9-7-10(15-8-9)11-13-5-6-14-11/h7-8,11-12H,4-6H2,1H3. The van der Waals surface area contributed by atoms with Gasteiger partial charge in [0, 0.05) is 10.9 Å². The summed E-state index contributed by atoms with van der Waals surface area (Å²) >= 11 is 1.63. The molecule has 2 rings (SSSR count). The lowest BCUT2D eigenvalue weighted by atomic mass is 10.3. The maximum Gasteiger partial charge on any atom is 0.193 e. The summed E-state index contributed by atoms with van der Waals surface area (Å²) in [4.78, 5) is 1.10. The first-order valence-corrected chi connectivity index (χ1v) is 5.73. The molecule has 15 heavy (non-hydrogen) atoms. The lowest BCUT2D eigenvalue weighted by Gasteiger charge is -2.03. The van der Waals surface area contributed by atoms with Gasteiger partial charge in [-0.15, -0.1) is 11.3 Å². The average Bonchev–Trinajstić information content (AvgIpc) is 2.87. The van der Waals surface area contributed by atoms with Gasteiger partial charge in [-0.2, -0.15) is 0 Å². The molecule has 0 unspecified atom stereocenters. The number of thiophene rings is 1. The van der Waals surface area contributed by atoms with E-state index in [-0.39, 0.29) is 6.29 Å². The molecular formula is C11H13NO2S. The largest absolute Gasteiger partial charge is 0.345 e. The molecule has 2 heterocycles. The molecule has 1 saturated heterocycles. The summed E-state index contributed by atoms with van der Waals surface area (Å²) in [6.45, 7) is 2.08. The Morgan fingerprint density at radius 1 is 1.53 bits per heavy atom. The van der Waals surface area contributed by atoms with Crippen molar-refractivity contribution in [3.05, 3.63) is 21.9 Å². The molecule has 0 saturated carbocycles. The van der Waals surface area contributed by atoms with Crippen LogP contribution in [0.15, 0.2) is 11.4 Å². The second-order valence-corrected chi connectivity index (χ2v) is 4.09. The van der Waals surface area contributed by atoms with Gasteiger partial charge in [0.25, 0.3) is 0 Å². The van der Waals surface area contributed by atoms with Crippen LogP contribution in [0.5, 0.6) is 0 Å². The van der Waals surface area contributed by atoms with Crippen LogP contribution < -0.4 is 5.32 Å². The van der Waals surface area contributed by atoms with E-state index in [1.165, 1.54) is 0 Å². The first-order valence-electron chi connectivity index (χ1n) is 4.85. The normalized spacial score (nSPS) is 16.3. The van der Waals surface area contributed by atoms with Crippen LogP contribution in [0.1, 0.15) is 16.7 Å². The molecule has 0 amide bonds. The molecule has 0 spiro atoms. The van der Waals surface area contributed by atoms with Crippen molar-refractivity contribution in [1.29, 1.82) is 0 Å². The molecule has 1 aromatic heterocycles. The van der Waals surface area contributed by atoms with E-state index in [1.54, 1.807) is 11.3 Å². The van der Waals surface area contributed by atoms with Crippen molar-refractivity contribution in [2.45, 2.75) is 6.29 Å². The molecule has 1 fully saturated rings. The van der Waals surface area contributed by atoms with E-state index in [1.807, 2.05) is 18.5 Å². The lowest BCUT2D eigenvalue weighted by molar-refractivity contribution is -0.0413. The summed E-state index contributed by atoms with van der Waals surface area (Å²) in [6.07, 6.45) is -0.171. The van der Waals surface area contributed by atoms with Crippen LogP contribution in [0, 0.1) is 11.8 Å². The predicted molar refractivity (Wildman–Crippen MR) is 59.8 cm³/mol. The van der Waals surface area contributed by atoms with Crippen molar-refractivity contribution in [1.82, 2.24) is 5.32 Å². The van der Waals surface area contributed by atoms with E-state index >= 15 is 0 Å². The van der Waals surface area contributed by atoms with Crippen LogP contribution in [0.25, 0.3) is 0 Å². The second-order valence-electron chi connectivity index (χ2n) is 3.14. The fourth-order valence-electron chi connectivity index (χ4n) is 1.30. The topological polar surface area (TPSA) is 30.5 Å². The molecule has 0 bridgehead atoms. The third kappa shape index (κ3) is 2.80. The van der Waals surface area contributed by atoms with Gasteiger partial charge in [-0.1, -0.05) is 11.8 Å². The van der Waals surface area contributed by atoms with E-state index in [2.05, 4.69) is 17.2 Å². The molecule has 4 heteroatoms. The maximum absolute atomic E-state index is 5.41. The fraction of sp³-hybridized carbons (Fsp3) is 0.455. The molecule has 0 aromatic carbocycles. The van der Waals surface area contributed by atoms with Crippen molar-refractivity contribution < 1.29 is 9.47 Å². The van der Waals surface area contributed by atoms with E-state index in [4.69, 9.17) is 9.47 Å². The molecule has 1 aliphatic heterocycles. The van der Waals surface area contributed by atoms with Gasteiger partial charge in [-0.05, 0) is 13.1 Å². The van der Waals surface area contributed by atoms with Crippen LogP contribution in [0.2, 0.25) is 0 Å². The zero-order valence-electron chi connectivity index (χ0n) is 8.58. The predicted octanol–water partition coefficient (Wildman–Crippen LogP) is 1.36. The van der Waals surface area contributed by atoms with Crippen LogP contribution in [0.3, 0.4) is 0 Å². The highest BCUT2D eigenvalue weighted by atomic mass is 32.1. The SMILES string of the molecule is CNCC#Cc1csc(C2OCCO2)c1. The first-order chi connectivity index (χ1) is 7.40. The third-order valence-electron chi connectivity index (χ3n) is 1.97. The van der Waals surface area contributed by atoms with Crippen LogP contribution in [0.4, 0.5) is 0 Å². The zero-order chi connectivity index (χ0) is 10.5. The van der Waals surface area contributed by atoms with Crippen LogP contribution in [-0.2, 0) is 9.47 Å². The van der Waals surface area contributed by atoms with E-state index in [0.29, 0.717) is 19.8 Å². The van der Waals surface area contributed by atoms with Gasteiger partial charge in [-0.3, -0.25) is 0 Å². The quantitative estimate of drug-likeness (QED) is 0.768. The Bertz CT molecular complexity index is 371. The minimum absolute atomic E-state index is 0.171. The van der Waals surface area contributed by atoms with E-state index < -0.39 is 0 Å². The molecule has 1 N–H and O–H groups in total. The van der Waals surface area contributed by atoms with Crippen LogP contribution in [-0.4, -0.2) is 26.8 Å². The first kappa shape index (κ1) is 10.7. The van der Waals surface area contributed by atoms with Crippen LogP contribution >= 0.6 is 11.3 Å². The van der Waals surface area contributed by atoms with Crippen molar-refractivity contribution in [3.8, 4) is 11.8 Å². The smallest absolute Gasteiger partial charge is 0.193 e. The number of nitrogens with one attached hydrogen (secondary N) is 1. The van der Waals surface area contributed by atoms with Gasteiger partial charge in [0.1, 0.15) is 0 Å². The van der Waals surface area contributed by atoms with Crippen molar-refractivity contribution in [2.75, 3.05) is 26.8 Å². The maximum atomic E-state index is 5.41. The van der Waals surface area contributed by atoms with Crippen molar-refractivity contribution in [2.24, 2.45) is 0 Å². The Kier molecular flexibility index (Phi) is 3.75. The molecule has 1 aliphatic rings. The summed E-state index contributed by atoms with van der Waals surface area (Å²) in [5.41, 5.74) is 1.03. The Balaban J connectivity index is 2.01. The van der Waals surface area contributed by atoms with Gasteiger partial charge in [0.15, 0.2) is 6.29 Å². The Morgan fingerprint density at radius 2 is 2.33 bits per heavy atom.